The van der Waals surface area contributed by atoms with Crippen LogP contribution in [0.2, 0.25) is 0 Å². The lowest BCUT2D eigenvalue weighted by Crippen LogP contribution is -2.09. The van der Waals surface area contributed by atoms with E-state index in [2.05, 4.69) is 24.0 Å². The van der Waals surface area contributed by atoms with Gasteiger partial charge in [-0.15, -0.1) is 0 Å². The van der Waals surface area contributed by atoms with Gasteiger partial charge in [0.1, 0.15) is 0 Å². The molecule has 1 N–H and O–H groups in total. The fourth-order valence-electron chi connectivity index (χ4n) is 2.00. The fourth-order valence-corrected chi connectivity index (χ4v) is 2.00. The van der Waals surface area contributed by atoms with Gasteiger partial charge < -0.3 is 4.90 Å². The number of rotatable bonds is 4. The van der Waals surface area contributed by atoms with Crippen LogP contribution in [0.3, 0.4) is 0 Å². The summed E-state index contributed by atoms with van der Waals surface area (Å²) in [6, 6.07) is 16.4. The van der Waals surface area contributed by atoms with Crippen molar-refractivity contribution in [3.63, 3.8) is 0 Å². The van der Waals surface area contributed by atoms with Gasteiger partial charge in [-0.1, -0.05) is 43.3 Å². The Hall–Kier alpha value is -2.09. The van der Waals surface area contributed by atoms with E-state index in [1.807, 2.05) is 50.5 Å². The highest BCUT2D eigenvalue weighted by atomic mass is 15.1. The first-order valence-electron chi connectivity index (χ1n) is 6.57. The molecule has 0 saturated heterocycles. The summed E-state index contributed by atoms with van der Waals surface area (Å²) in [7, 11) is 4.04. The standard InChI is InChI=1S/C17H20N2/c1-4-13-5-7-14(8-6-13)17(18)15-9-11-16(12-10-15)19(2)3/h5-12,18H,4H2,1-3H3. The molecule has 0 amide bonds. The number of anilines is 1. The van der Waals surface area contributed by atoms with Crippen molar-refractivity contribution < 1.29 is 0 Å². The Morgan fingerprint density at radius 3 is 1.79 bits per heavy atom. The average molecular weight is 252 g/mol. The third-order valence-electron chi connectivity index (χ3n) is 3.32. The molecule has 0 radical (unpaired) electrons. The van der Waals surface area contributed by atoms with Crippen LogP contribution >= 0.6 is 0 Å². The van der Waals surface area contributed by atoms with Gasteiger partial charge in [0, 0.05) is 30.9 Å². The van der Waals surface area contributed by atoms with Gasteiger partial charge in [-0.05, 0) is 24.1 Å². The number of nitrogens with zero attached hydrogens (tertiary/aromatic N) is 1. The van der Waals surface area contributed by atoms with E-state index in [-0.39, 0.29) is 0 Å². The Labute approximate surface area is 115 Å². The minimum Gasteiger partial charge on any atom is -0.378 e. The molecule has 0 aliphatic carbocycles. The van der Waals surface area contributed by atoms with Crippen LogP contribution in [0.4, 0.5) is 5.69 Å². The van der Waals surface area contributed by atoms with E-state index in [1.165, 1.54) is 5.56 Å². The number of hydrogen-bond donors (Lipinski definition) is 1. The zero-order valence-electron chi connectivity index (χ0n) is 11.8. The summed E-state index contributed by atoms with van der Waals surface area (Å²) < 4.78 is 0. The largest absolute Gasteiger partial charge is 0.378 e. The Bertz CT molecular complexity index is 551. The van der Waals surface area contributed by atoms with Crippen molar-refractivity contribution in [1.29, 1.82) is 5.41 Å². The molecule has 0 saturated carbocycles. The molecule has 2 heteroatoms. The van der Waals surface area contributed by atoms with Crippen LogP contribution < -0.4 is 4.90 Å². The molecule has 0 aliphatic rings. The molecule has 0 spiro atoms. The topological polar surface area (TPSA) is 27.1 Å². The summed E-state index contributed by atoms with van der Waals surface area (Å²) in [5.74, 6) is 0. The number of benzene rings is 2. The van der Waals surface area contributed by atoms with E-state index in [1.54, 1.807) is 0 Å². The maximum absolute atomic E-state index is 8.26. The van der Waals surface area contributed by atoms with Crippen LogP contribution in [0, 0.1) is 5.41 Å². The smallest absolute Gasteiger partial charge is 0.0684 e. The number of aryl methyl sites for hydroxylation is 1. The van der Waals surface area contributed by atoms with Crippen LogP contribution in [-0.2, 0) is 6.42 Å². The van der Waals surface area contributed by atoms with Crippen molar-refractivity contribution in [3.05, 3.63) is 65.2 Å². The minimum absolute atomic E-state index is 0.577. The first-order chi connectivity index (χ1) is 9.11. The van der Waals surface area contributed by atoms with Gasteiger partial charge in [-0.25, -0.2) is 0 Å². The fraction of sp³-hybridized carbons (Fsp3) is 0.235. The van der Waals surface area contributed by atoms with Gasteiger partial charge in [0.2, 0.25) is 0 Å². The second-order valence-corrected chi connectivity index (χ2v) is 4.87. The average Bonchev–Trinajstić information content (AvgIpc) is 2.46. The Morgan fingerprint density at radius 2 is 1.37 bits per heavy atom. The van der Waals surface area contributed by atoms with E-state index in [0.29, 0.717) is 5.71 Å². The van der Waals surface area contributed by atoms with Gasteiger partial charge in [0.05, 0.1) is 5.71 Å². The summed E-state index contributed by atoms with van der Waals surface area (Å²) in [6.07, 6.45) is 1.03. The lowest BCUT2D eigenvalue weighted by molar-refractivity contribution is 1.13. The molecule has 98 valence electrons. The van der Waals surface area contributed by atoms with Crippen LogP contribution in [0.15, 0.2) is 48.5 Å². The molecule has 0 bridgehead atoms. The molecule has 0 atom stereocenters. The third-order valence-corrected chi connectivity index (χ3v) is 3.32. The molecule has 0 fully saturated rings. The van der Waals surface area contributed by atoms with Gasteiger partial charge in [-0.3, -0.25) is 5.41 Å². The van der Waals surface area contributed by atoms with Crippen molar-refractivity contribution in [2.75, 3.05) is 19.0 Å². The van der Waals surface area contributed by atoms with Gasteiger partial charge in [0.15, 0.2) is 0 Å². The van der Waals surface area contributed by atoms with Gasteiger partial charge in [-0.2, -0.15) is 0 Å². The first kappa shape index (κ1) is 13.3. The molecule has 2 rings (SSSR count). The molecule has 2 aromatic carbocycles. The second kappa shape index (κ2) is 5.70. The summed E-state index contributed by atoms with van der Waals surface area (Å²) >= 11 is 0. The van der Waals surface area contributed by atoms with Crippen LogP contribution in [0.5, 0.6) is 0 Å². The van der Waals surface area contributed by atoms with Crippen molar-refractivity contribution in [2.45, 2.75) is 13.3 Å². The van der Waals surface area contributed by atoms with E-state index < -0.39 is 0 Å². The molecule has 0 unspecified atom stereocenters. The number of nitrogens with one attached hydrogen (secondary N) is 1. The minimum atomic E-state index is 0.577. The lowest BCUT2D eigenvalue weighted by atomic mass is 10.0. The summed E-state index contributed by atoms with van der Waals surface area (Å²) in [5.41, 5.74) is 4.95. The maximum atomic E-state index is 8.26. The number of hydrogen-bond acceptors (Lipinski definition) is 2. The highest BCUT2D eigenvalue weighted by Gasteiger charge is 2.05. The summed E-state index contributed by atoms with van der Waals surface area (Å²) in [6.45, 7) is 2.14. The SMILES string of the molecule is CCc1ccc(C(=N)c2ccc(N(C)C)cc2)cc1. The molecule has 19 heavy (non-hydrogen) atoms. The summed E-state index contributed by atoms with van der Waals surface area (Å²) in [5, 5.41) is 8.26. The third kappa shape index (κ3) is 3.02. The monoisotopic (exact) mass is 252 g/mol. The van der Waals surface area contributed by atoms with E-state index in [4.69, 9.17) is 5.41 Å². The highest BCUT2D eigenvalue weighted by Crippen LogP contribution is 2.16. The quantitative estimate of drug-likeness (QED) is 0.825. The van der Waals surface area contributed by atoms with Crippen molar-refractivity contribution >= 4 is 11.4 Å². The Morgan fingerprint density at radius 1 is 0.895 bits per heavy atom. The molecule has 2 nitrogen and oxygen atoms in total. The molecule has 2 aromatic rings. The van der Waals surface area contributed by atoms with Crippen molar-refractivity contribution in [1.82, 2.24) is 0 Å². The molecular formula is C17H20N2. The highest BCUT2D eigenvalue weighted by molar-refractivity contribution is 6.10. The van der Waals surface area contributed by atoms with Crippen molar-refractivity contribution in [3.8, 4) is 0 Å². The lowest BCUT2D eigenvalue weighted by Gasteiger charge is -2.13. The normalized spacial score (nSPS) is 10.3. The predicted molar refractivity (Wildman–Crippen MR) is 82.5 cm³/mol. The molecule has 0 aromatic heterocycles. The molecule has 0 heterocycles. The second-order valence-electron chi connectivity index (χ2n) is 4.87. The van der Waals surface area contributed by atoms with E-state index in [0.717, 1.165) is 23.2 Å². The zero-order valence-corrected chi connectivity index (χ0v) is 11.8. The van der Waals surface area contributed by atoms with E-state index in [9.17, 15) is 0 Å². The zero-order chi connectivity index (χ0) is 13.8. The molecule has 0 aliphatic heterocycles. The van der Waals surface area contributed by atoms with Crippen LogP contribution in [0.25, 0.3) is 0 Å². The van der Waals surface area contributed by atoms with Crippen molar-refractivity contribution in [2.24, 2.45) is 0 Å². The molecular weight excluding hydrogens is 232 g/mol. The maximum Gasteiger partial charge on any atom is 0.0684 e. The van der Waals surface area contributed by atoms with Crippen LogP contribution in [-0.4, -0.2) is 19.8 Å². The summed E-state index contributed by atoms with van der Waals surface area (Å²) in [4.78, 5) is 2.06. The van der Waals surface area contributed by atoms with Crippen LogP contribution in [0.1, 0.15) is 23.6 Å². The predicted octanol–water partition coefficient (Wildman–Crippen LogP) is 3.73. The van der Waals surface area contributed by atoms with Gasteiger partial charge >= 0.3 is 0 Å². The Balaban J connectivity index is 2.22. The Kier molecular flexibility index (Phi) is 4.00. The van der Waals surface area contributed by atoms with E-state index >= 15 is 0 Å². The first-order valence-corrected chi connectivity index (χ1v) is 6.57. The van der Waals surface area contributed by atoms with Gasteiger partial charge in [0.25, 0.3) is 0 Å².